The van der Waals surface area contributed by atoms with Crippen LogP contribution in [0.5, 0.6) is 11.5 Å². The SMILES string of the molecule is CCCCN(CCO)C(=O)Nc1ccc(Oc2ccc(C#N)cc2)cc1. The number of nitrogens with zero attached hydrogens (tertiary/aromatic N) is 2. The molecule has 2 aromatic carbocycles. The zero-order valence-corrected chi connectivity index (χ0v) is 14.8. The summed E-state index contributed by atoms with van der Waals surface area (Å²) in [6.45, 7) is 2.92. The number of benzene rings is 2. The van der Waals surface area contributed by atoms with Crippen molar-refractivity contribution in [2.75, 3.05) is 25.0 Å². The van der Waals surface area contributed by atoms with Crippen molar-refractivity contribution in [3.63, 3.8) is 0 Å². The molecule has 2 N–H and O–H groups in total. The molecule has 26 heavy (non-hydrogen) atoms. The molecule has 0 aliphatic rings. The van der Waals surface area contributed by atoms with E-state index in [4.69, 9.17) is 15.1 Å². The lowest BCUT2D eigenvalue weighted by Crippen LogP contribution is -2.37. The highest BCUT2D eigenvalue weighted by atomic mass is 16.5. The van der Waals surface area contributed by atoms with E-state index in [1.165, 1.54) is 0 Å². The average Bonchev–Trinajstić information content (AvgIpc) is 2.67. The number of rotatable bonds is 8. The van der Waals surface area contributed by atoms with Crippen LogP contribution in [0.3, 0.4) is 0 Å². The molecule has 0 aliphatic carbocycles. The number of aliphatic hydroxyl groups is 1. The minimum atomic E-state index is -0.228. The molecule has 0 fully saturated rings. The first kappa shape index (κ1) is 19.3. The highest BCUT2D eigenvalue weighted by molar-refractivity contribution is 5.89. The van der Waals surface area contributed by atoms with E-state index in [0.717, 1.165) is 12.8 Å². The average molecular weight is 353 g/mol. The molecule has 0 aliphatic heterocycles. The highest BCUT2D eigenvalue weighted by Gasteiger charge is 2.12. The molecule has 0 saturated heterocycles. The lowest BCUT2D eigenvalue weighted by Gasteiger charge is -2.22. The van der Waals surface area contributed by atoms with Gasteiger partial charge in [0.2, 0.25) is 0 Å². The van der Waals surface area contributed by atoms with E-state index < -0.39 is 0 Å². The molecule has 6 nitrogen and oxygen atoms in total. The van der Waals surface area contributed by atoms with E-state index >= 15 is 0 Å². The van der Waals surface area contributed by atoms with Crippen molar-refractivity contribution in [1.82, 2.24) is 4.90 Å². The molecule has 0 bridgehead atoms. The number of unbranched alkanes of at least 4 members (excludes halogenated alkanes) is 1. The number of ether oxygens (including phenoxy) is 1. The van der Waals surface area contributed by atoms with E-state index in [-0.39, 0.29) is 12.6 Å². The van der Waals surface area contributed by atoms with E-state index in [2.05, 4.69) is 18.3 Å². The Hall–Kier alpha value is -3.04. The third kappa shape index (κ3) is 5.80. The van der Waals surface area contributed by atoms with Gasteiger partial charge in [-0.25, -0.2) is 4.79 Å². The molecule has 0 unspecified atom stereocenters. The van der Waals surface area contributed by atoms with Gasteiger partial charge >= 0.3 is 6.03 Å². The maximum atomic E-state index is 12.3. The molecule has 136 valence electrons. The van der Waals surface area contributed by atoms with Gasteiger partial charge in [0.25, 0.3) is 0 Å². The molecule has 0 saturated carbocycles. The first-order chi connectivity index (χ1) is 12.7. The van der Waals surface area contributed by atoms with E-state index in [1.54, 1.807) is 53.4 Å². The zero-order valence-electron chi connectivity index (χ0n) is 14.8. The number of hydrogen-bond donors (Lipinski definition) is 2. The van der Waals surface area contributed by atoms with Crippen molar-refractivity contribution in [2.45, 2.75) is 19.8 Å². The van der Waals surface area contributed by atoms with E-state index in [1.807, 2.05) is 0 Å². The topological polar surface area (TPSA) is 85.6 Å². The Kier molecular flexibility index (Phi) is 7.47. The third-order valence-corrected chi connectivity index (χ3v) is 3.76. The van der Waals surface area contributed by atoms with Crippen LogP contribution in [0.15, 0.2) is 48.5 Å². The van der Waals surface area contributed by atoms with E-state index in [9.17, 15) is 4.79 Å². The predicted octanol–water partition coefficient (Wildman–Crippen LogP) is 3.98. The third-order valence-electron chi connectivity index (χ3n) is 3.76. The Morgan fingerprint density at radius 2 is 1.73 bits per heavy atom. The maximum absolute atomic E-state index is 12.3. The Balaban J connectivity index is 1.95. The van der Waals surface area contributed by atoms with Crippen molar-refractivity contribution in [1.29, 1.82) is 5.26 Å². The van der Waals surface area contributed by atoms with E-state index in [0.29, 0.717) is 35.8 Å². The van der Waals surface area contributed by atoms with Crippen molar-refractivity contribution >= 4 is 11.7 Å². The second-order valence-corrected chi connectivity index (χ2v) is 5.76. The van der Waals surface area contributed by atoms with Crippen LogP contribution in [-0.2, 0) is 0 Å². The summed E-state index contributed by atoms with van der Waals surface area (Å²) < 4.78 is 5.71. The molecule has 0 heterocycles. The smallest absolute Gasteiger partial charge is 0.321 e. The quantitative estimate of drug-likeness (QED) is 0.752. The Labute approximate surface area is 153 Å². The lowest BCUT2D eigenvalue weighted by molar-refractivity contribution is 0.187. The molecular formula is C20H23N3O3. The number of carbonyl (C=O) groups excluding carboxylic acids is 1. The predicted molar refractivity (Wildman–Crippen MR) is 100 cm³/mol. The summed E-state index contributed by atoms with van der Waals surface area (Å²) in [4.78, 5) is 13.9. The number of carbonyl (C=O) groups is 1. The molecular weight excluding hydrogens is 330 g/mol. The summed E-state index contributed by atoms with van der Waals surface area (Å²) in [5, 5.41) is 20.7. The number of urea groups is 1. The van der Waals surface area contributed by atoms with Crippen LogP contribution in [0.1, 0.15) is 25.3 Å². The van der Waals surface area contributed by atoms with Crippen molar-refractivity contribution in [3.05, 3.63) is 54.1 Å². The first-order valence-electron chi connectivity index (χ1n) is 8.61. The Bertz CT molecular complexity index is 736. The Morgan fingerprint density at radius 3 is 2.27 bits per heavy atom. The number of anilines is 1. The maximum Gasteiger partial charge on any atom is 0.321 e. The zero-order chi connectivity index (χ0) is 18.8. The fourth-order valence-corrected chi connectivity index (χ4v) is 2.33. The summed E-state index contributed by atoms with van der Waals surface area (Å²) in [5.74, 6) is 1.26. The van der Waals surface area contributed by atoms with Gasteiger partial charge in [-0.2, -0.15) is 5.26 Å². The number of hydrogen-bond acceptors (Lipinski definition) is 4. The van der Waals surface area contributed by atoms with Crippen LogP contribution in [0.4, 0.5) is 10.5 Å². The minimum absolute atomic E-state index is 0.0610. The molecule has 0 radical (unpaired) electrons. The van der Waals surface area contributed by atoms with Gasteiger partial charge in [-0.15, -0.1) is 0 Å². The fourth-order valence-electron chi connectivity index (χ4n) is 2.33. The highest BCUT2D eigenvalue weighted by Crippen LogP contribution is 2.23. The number of nitrogens with one attached hydrogen (secondary N) is 1. The van der Waals surface area contributed by atoms with Crippen molar-refractivity contribution in [3.8, 4) is 17.6 Å². The lowest BCUT2D eigenvalue weighted by atomic mass is 10.2. The normalized spacial score (nSPS) is 10.0. The molecule has 0 aromatic heterocycles. The summed E-state index contributed by atoms with van der Waals surface area (Å²) in [6, 6.07) is 15.7. The standard InChI is InChI=1S/C20H23N3O3/c1-2-3-12-23(13-14-24)20(25)22-17-6-10-19(11-7-17)26-18-8-4-16(15-21)5-9-18/h4-11,24H,2-3,12-14H2,1H3,(H,22,25). The molecule has 2 amide bonds. The summed E-state index contributed by atoms with van der Waals surface area (Å²) in [5.41, 5.74) is 1.23. The van der Waals surface area contributed by atoms with Crippen LogP contribution in [-0.4, -0.2) is 35.7 Å². The van der Waals surface area contributed by atoms with Gasteiger partial charge in [-0.05, 0) is 55.0 Å². The number of nitriles is 1. The van der Waals surface area contributed by atoms with Gasteiger partial charge in [0, 0.05) is 18.8 Å². The van der Waals surface area contributed by atoms with Gasteiger partial charge in [0.05, 0.1) is 18.2 Å². The van der Waals surface area contributed by atoms with Crippen molar-refractivity contribution in [2.24, 2.45) is 0 Å². The van der Waals surface area contributed by atoms with Gasteiger partial charge in [-0.3, -0.25) is 0 Å². The second-order valence-electron chi connectivity index (χ2n) is 5.76. The second kappa shape index (κ2) is 10.1. The molecule has 6 heteroatoms. The molecule has 2 rings (SSSR count). The summed E-state index contributed by atoms with van der Waals surface area (Å²) in [6.07, 6.45) is 1.88. The molecule has 2 aromatic rings. The number of amides is 2. The van der Waals surface area contributed by atoms with Gasteiger partial charge < -0.3 is 20.1 Å². The largest absolute Gasteiger partial charge is 0.457 e. The first-order valence-corrected chi connectivity index (χ1v) is 8.61. The van der Waals surface area contributed by atoms with Crippen molar-refractivity contribution < 1.29 is 14.6 Å². The molecule has 0 spiro atoms. The summed E-state index contributed by atoms with van der Waals surface area (Å²) in [7, 11) is 0. The van der Waals surface area contributed by atoms with Crippen LogP contribution in [0, 0.1) is 11.3 Å². The molecule has 0 atom stereocenters. The van der Waals surface area contributed by atoms with Crippen LogP contribution >= 0.6 is 0 Å². The van der Waals surface area contributed by atoms with Gasteiger partial charge in [-0.1, -0.05) is 13.3 Å². The van der Waals surface area contributed by atoms with Crippen LogP contribution in [0.25, 0.3) is 0 Å². The number of aliphatic hydroxyl groups excluding tert-OH is 1. The fraction of sp³-hybridized carbons (Fsp3) is 0.300. The van der Waals surface area contributed by atoms with Gasteiger partial charge in [0.15, 0.2) is 0 Å². The monoisotopic (exact) mass is 353 g/mol. The minimum Gasteiger partial charge on any atom is -0.457 e. The van der Waals surface area contributed by atoms with Gasteiger partial charge in [0.1, 0.15) is 11.5 Å². The van der Waals surface area contributed by atoms with Crippen LogP contribution in [0.2, 0.25) is 0 Å². The summed E-state index contributed by atoms with van der Waals surface area (Å²) >= 11 is 0. The van der Waals surface area contributed by atoms with Crippen LogP contribution < -0.4 is 10.1 Å². The Morgan fingerprint density at radius 1 is 1.12 bits per heavy atom.